The van der Waals surface area contributed by atoms with Crippen molar-refractivity contribution < 1.29 is 5.11 Å². The van der Waals surface area contributed by atoms with Gasteiger partial charge in [-0.15, -0.1) is 5.10 Å². The molecule has 1 atom stereocenters. The molecule has 10 heteroatoms. The molecule has 0 saturated heterocycles. The Kier molecular flexibility index (Phi) is 5.62. The second-order valence-corrected chi connectivity index (χ2v) is 7.08. The van der Waals surface area contributed by atoms with Gasteiger partial charge in [0.2, 0.25) is 5.95 Å². The molecule has 144 valence electrons. The van der Waals surface area contributed by atoms with Crippen molar-refractivity contribution in [1.29, 1.82) is 0 Å². The third-order valence-corrected chi connectivity index (χ3v) is 4.63. The number of hydrogen-bond acceptors (Lipinski definition) is 8. The van der Waals surface area contributed by atoms with Crippen LogP contribution in [0.3, 0.4) is 0 Å². The van der Waals surface area contributed by atoms with E-state index in [0.717, 1.165) is 5.56 Å². The number of benzene rings is 1. The van der Waals surface area contributed by atoms with Crippen molar-refractivity contribution in [3.63, 3.8) is 0 Å². The summed E-state index contributed by atoms with van der Waals surface area (Å²) in [6, 6.07) is 5.30. The van der Waals surface area contributed by atoms with Crippen molar-refractivity contribution >= 4 is 40.2 Å². The Morgan fingerprint density at radius 2 is 2.07 bits per heavy atom. The van der Waals surface area contributed by atoms with Crippen LogP contribution in [-0.2, 0) is 13.6 Å². The number of aryl methyl sites for hydroxylation is 1. The maximum absolute atomic E-state index is 9.57. The van der Waals surface area contributed by atoms with Crippen LogP contribution in [-0.4, -0.2) is 42.7 Å². The van der Waals surface area contributed by atoms with Gasteiger partial charge in [-0.25, -0.2) is 4.68 Å². The van der Waals surface area contributed by atoms with Gasteiger partial charge in [0.1, 0.15) is 0 Å². The van der Waals surface area contributed by atoms with E-state index in [1.807, 2.05) is 26.0 Å². The Balaban J connectivity index is 1.89. The molecule has 1 unspecified atom stereocenters. The molecule has 0 amide bonds. The summed E-state index contributed by atoms with van der Waals surface area (Å²) in [5, 5.41) is 24.7. The maximum Gasteiger partial charge on any atom is 0.227 e. The lowest BCUT2D eigenvalue weighted by Crippen LogP contribution is -2.30. The van der Waals surface area contributed by atoms with Crippen LogP contribution >= 0.6 is 11.6 Å². The van der Waals surface area contributed by atoms with Gasteiger partial charge in [0, 0.05) is 13.6 Å². The number of fused-ring (bicyclic) bond motifs is 1. The van der Waals surface area contributed by atoms with E-state index in [0.29, 0.717) is 40.2 Å². The molecule has 3 aromatic rings. The Hall–Kier alpha value is -2.65. The van der Waals surface area contributed by atoms with Crippen LogP contribution in [0.1, 0.15) is 19.4 Å². The molecule has 1 aromatic carbocycles. The van der Waals surface area contributed by atoms with Crippen LogP contribution in [0, 0.1) is 5.92 Å². The number of nitrogens with two attached hydrogens (primary N) is 1. The zero-order valence-electron chi connectivity index (χ0n) is 15.4. The van der Waals surface area contributed by atoms with Crippen molar-refractivity contribution in [3.8, 4) is 0 Å². The highest BCUT2D eigenvalue weighted by Gasteiger charge is 2.17. The number of aromatic nitrogens is 5. The number of halogens is 1. The van der Waals surface area contributed by atoms with E-state index < -0.39 is 0 Å². The minimum absolute atomic E-state index is 0.0183. The van der Waals surface area contributed by atoms with Crippen molar-refractivity contribution in [1.82, 2.24) is 25.0 Å². The van der Waals surface area contributed by atoms with Gasteiger partial charge in [-0.3, -0.25) is 0 Å². The SMILES string of the molecule is CC(C)C(CO)Nc1nc(NCc2ccc(Cl)c(N)c2)c2nnn(C)c2n1. The summed E-state index contributed by atoms with van der Waals surface area (Å²) in [4.78, 5) is 9.00. The molecule has 0 bridgehead atoms. The average Bonchev–Trinajstić information content (AvgIpc) is 3.01. The standard InChI is InChI=1S/C17H23ClN8O/c1-9(2)13(8-27)21-17-22-15(14-16(23-17)26(3)25-24-14)20-7-10-4-5-11(18)12(19)6-10/h4-6,9,13,27H,7-8,19H2,1-3H3,(H2,20,21,22,23). The van der Waals surface area contributed by atoms with Crippen LogP contribution in [0.15, 0.2) is 18.2 Å². The molecule has 9 nitrogen and oxygen atoms in total. The smallest absolute Gasteiger partial charge is 0.227 e. The number of nitrogen functional groups attached to an aromatic ring is 1. The van der Waals surface area contributed by atoms with Gasteiger partial charge in [-0.05, 0) is 23.6 Å². The molecule has 2 aromatic heterocycles. The van der Waals surface area contributed by atoms with Gasteiger partial charge in [0.05, 0.1) is 23.4 Å². The minimum Gasteiger partial charge on any atom is -0.398 e. The Bertz CT molecular complexity index is 942. The molecule has 0 spiro atoms. The topological polar surface area (TPSA) is 127 Å². The molecular weight excluding hydrogens is 368 g/mol. The zero-order valence-corrected chi connectivity index (χ0v) is 16.2. The van der Waals surface area contributed by atoms with E-state index in [1.165, 1.54) is 0 Å². The number of nitrogens with one attached hydrogen (secondary N) is 2. The molecule has 27 heavy (non-hydrogen) atoms. The second kappa shape index (κ2) is 7.93. The summed E-state index contributed by atoms with van der Waals surface area (Å²) in [6.07, 6.45) is 0. The quantitative estimate of drug-likeness (QED) is 0.451. The van der Waals surface area contributed by atoms with Crippen LogP contribution < -0.4 is 16.4 Å². The first-order valence-corrected chi connectivity index (χ1v) is 8.99. The number of rotatable bonds is 7. The molecule has 0 aliphatic rings. The second-order valence-electron chi connectivity index (χ2n) is 6.67. The summed E-state index contributed by atoms with van der Waals surface area (Å²) in [5.74, 6) is 1.16. The maximum atomic E-state index is 9.57. The molecule has 0 saturated carbocycles. The van der Waals surface area contributed by atoms with Gasteiger partial charge in [0.15, 0.2) is 17.0 Å². The number of hydrogen-bond donors (Lipinski definition) is 4. The van der Waals surface area contributed by atoms with Gasteiger partial charge in [-0.2, -0.15) is 9.97 Å². The first kappa shape index (κ1) is 19.1. The van der Waals surface area contributed by atoms with E-state index in [-0.39, 0.29) is 18.6 Å². The molecule has 0 radical (unpaired) electrons. The van der Waals surface area contributed by atoms with Gasteiger partial charge in [0.25, 0.3) is 0 Å². The number of aliphatic hydroxyl groups excluding tert-OH is 1. The normalized spacial score (nSPS) is 12.5. The highest BCUT2D eigenvalue weighted by atomic mass is 35.5. The van der Waals surface area contributed by atoms with Crippen LogP contribution in [0.5, 0.6) is 0 Å². The van der Waals surface area contributed by atoms with Crippen molar-refractivity contribution in [2.45, 2.75) is 26.4 Å². The van der Waals surface area contributed by atoms with Crippen molar-refractivity contribution in [3.05, 3.63) is 28.8 Å². The van der Waals surface area contributed by atoms with E-state index in [1.54, 1.807) is 17.8 Å². The summed E-state index contributed by atoms with van der Waals surface area (Å²) < 4.78 is 1.58. The Morgan fingerprint density at radius 1 is 1.30 bits per heavy atom. The van der Waals surface area contributed by atoms with Gasteiger partial charge in [-0.1, -0.05) is 36.7 Å². The molecule has 0 aliphatic carbocycles. The first-order chi connectivity index (χ1) is 12.9. The third-order valence-electron chi connectivity index (χ3n) is 4.29. The number of anilines is 3. The average molecular weight is 391 g/mol. The molecule has 2 heterocycles. The summed E-state index contributed by atoms with van der Waals surface area (Å²) in [6.45, 7) is 4.50. The largest absolute Gasteiger partial charge is 0.398 e. The van der Waals surface area contributed by atoms with Crippen molar-refractivity contribution in [2.75, 3.05) is 23.0 Å². The lowest BCUT2D eigenvalue weighted by molar-refractivity contribution is 0.248. The lowest BCUT2D eigenvalue weighted by Gasteiger charge is -2.20. The fraction of sp³-hybridized carbons (Fsp3) is 0.412. The fourth-order valence-corrected chi connectivity index (χ4v) is 2.70. The van der Waals surface area contributed by atoms with Crippen LogP contribution in [0.25, 0.3) is 11.2 Å². The highest BCUT2D eigenvalue weighted by molar-refractivity contribution is 6.33. The monoisotopic (exact) mass is 390 g/mol. The van der Waals surface area contributed by atoms with Crippen molar-refractivity contribution in [2.24, 2.45) is 13.0 Å². The summed E-state index contributed by atoms with van der Waals surface area (Å²) in [7, 11) is 1.77. The number of aliphatic hydroxyl groups is 1. The zero-order chi connectivity index (χ0) is 19.6. The fourth-order valence-electron chi connectivity index (χ4n) is 2.58. The van der Waals surface area contributed by atoms with Gasteiger partial charge >= 0.3 is 0 Å². The molecule has 5 N–H and O–H groups in total. The summed E-state index contributed by atoms with van der Waals surface area (Å²) in [5.41, 5.74) is 8.49. The first-order valence-electron chi connectivity index (χ1n) is 8.61. The highest BCUT2D eigenvalue weighted by Crippen LogP contribution is 2.23. The van der Waals surface area contributed by atoms with Crippen LogP contribution in [0.2, 0.25) is 5.02 Å². The van der Waals surface area contributed by atoms with E-state index >= 15 is 0 Å². The molecule has 0 aliphatic heterocycles. The summed E-state index contributed by atoms with van der Waals surface area (Å²) >= 11 is 5.97. The number of nitrogens with zero attached hydrogens (tertiary/aromatic N) is 5. The molecule has 3 rings (SSSR count). The lowest BCUT2D eigenvalue weighted by atomic mass is 10.1. The Morgan fingerprint density at radius 3 is 2.74 bits per heavy atom. The predicted molar refractivity (Wildman–Crippen MR) is 107 cm³/mol. The minimum atomic E-state index is -0.160. The third kappa shape index (κ3) is 4.20. The van der Waals surface area contributed by atoms with E-state index in [9.17, 15) is 5.11 Å². The Labute approximate surface area is 161 Å². The van der Waals surface area contributed by atoms with Gasteiger partial charge < -0.3 is 21.5 Å². The van der Waals surface area contributed by atoms with E-state index in [4.69, 9.17) is 17.3 Å². The van der Waals surface area contributed by atoms with Crippen LogP contribution in [0.4, 0.5) is 17.5 Å². The molecular formula is C17H23ClN8O. The molecule has 0 fully saturated rings. The van der Waals surface area contributed by atoms with E-state index in [2.05, 4.69) is 30.9 Å². The predicted octanol–water partition coefficient (Wildman–Crippen LogP) is 2.03.